The zero-order valence-electron chi connectivity index (χ0n) is 12.4. The summed E-state index contributed by atoms with van der Waals surface area (Å²) >= 11 is 0. The lowest BCUT2D eigenvalue weighted by atomic mass is 9.83. The molecule has 3 rings (SSSR count). The molecule has 108 valence electrons. The van der Waals surface area contributed by atoms with Crippen molar-refractivity contribution in [2.45, 2.75) is 62.9 Å². The number of hydrogen-bond acceptors (Lipinski definition) is 2. The summed E-state index contributed by atoms with van der Waals surface area (Å²) in [6.07, 6.45) is 5.45. The van der Waals surface area contributed by atoms with Gasteiger partial charge >= 0.3 is 0 Å². The molecule has 0 aliphatic heterocycles. The smallest absolute Gasteiger partial charge is 0.230 e. The van der Waals surface area contributed by atoms with Crippen LogP contribution in [-0.4, -0.2) is 17.5 Å². The van der Waals surface area contributed by atoms with Crippen molar-refractivity contribution >= 4 is 5.91 Å². The van der Waals surface area contributed by atoms with E-state index in [1.807, 2.05) is 13.8 Å². The molecule has 0 saturated heterocycles. The quantitative estimate of drug-likeness (QED) is 0.864. The van der Waals surface area contributed by atoms with Crippen LogP contribution in [0.3, 0.4) is 0 Å². The Balaban J connectivity index is 1.70. The van der Waals surface area contributed by atoms with Gasteiger partial charge in [-0.3, -0.25) is 4.79 Å². The van der Waals surface area contributed by atoms with Crippen molar-refractivity contribution in [1.29, 1.82) is 0 Å². The van der Waals surface area contributed by atoms with Gasteiger partial charge in [0.15, 0.2) is 0 Å². The third-order valence-corrected chi connectivity index (χ3v) is 4.60. The zero-order valence-corrected chi connectivity index (χ0v) is 12.4. The van der Waals surface area contributed by atoms with Gasteiger partial charge in [0, 0.05) is 11.6 Å². The maximum Gasteiger partial charge on any atom is 0.230 e. The summed E-state index contributed by atoms with van der Waals surface area (Å²) < 4.78 is 0. The second kappa shape index (κ2) is 4.59. The lowest BCUT2D eigenvalue weighted by Crippen LogP contribution is -2.41. The summed E-state index contributed by atoms with van der Waals surface area (Å²) in [6, 6.07) is 8.80. The molecule has 0 heterocycles. The molecule has 20 heavy (non-hydrogen) atoms. The van der Waals surface area contributed by atoms with Gasteiger partial charge in [0.1, 0.15) is 0 Å². The van der Waals surface area contributed by atoms with Gasteiger partial charge in [0.05, 0.1) is 5.41 Å². The van der Waals surface area contributed by atoms with Gasteiger partial charge in [0.2, 0.25) is 5.91 Å². The first-order valence-electron chi connectivity index (χ1n) is 7.58. The molecule has 1 amide bonds. The summed E-state index contributed by atoms with van der Waals surface area (Å²) in [6.45, 7) is 3.98. The van der Waals surface area contributed by atoms with E-state index in [-0.39, 0.29) is 11.4 Å². The molecule has 1 aromatic rings. The van der Waals surface area contributed by atoms with Crippen LogP contribution in [0.25, 0.3) is 0 Å². The number of carbonyl (C=O) groups is 1. The van der Waals surface area contributed by atoms with Crippen molar-refractivity contribution in [3.63, 3.8) is 0 Å². The Hall–Kier alpha value is -1.35. The Bertz CT molecular complexity index is 510. The van der Waals surface area contributed by atoms with Crippen molar-refractivity contribution in [1.82, 2.24) is 5.32 Å². The predicted molar refractivity (Wildman–Crippen MR) is 80.5 cm³/mol. The van der Waals surface area contributed by atoms with E-state index in [2.05, 4.69) is 29.6 Å². The molecule has 2 aliphatic carbocycles. The van der Waals surface area contributed by atoms with Crippen LogP contribution >= 0.6 is 0 Å². The van der Waals surface area contributed by atoms with Crippen molar-refractivity contribution in [3.8, 4) is 0 Å². The monoisotopic (exact) mass is 272 g/mol. The summed E-state index contributed by atoms with van der Waals surface area (Å²) in [5, 5.41) is 3.10. The number of nitrogens with two attached hydrogens (primary N) is 1. The molecule has 3 nitrogen and oxygen atoms in total. The van der Waals surface area contributed by atoms with Crippen LogP contribution in [-0.2, 0) is 16.6 Å². The van der Waals surface area contributed by atoms with Gasteiger partial charge in [-0.25, -0.2) is 0 Å². The normalized spacial score (nSPS) is 20.6. The fraction of sp³-hybridized carbons (Fsp3) is 0.588. The van der Waals surface area contributed by atoms with Crippen LogP contribution in [0.1, 0.15) is 50.7 Å². The van der Waals surface area contributed by atoms with Crippen molar-refractivity contribution < 1.29 is 4.79 Å². The van der Waals surface area contributed by atoms with Crippen molar-refractivity contribution in [2.75, 3.05) is 0 Å². The van der Waals surface area contributed by atoms with Crippen LogP contribution in [0.2, 0.25) is 0 Å². The molecular formula is C17H24N2O. The molecule has 0 unspecified atom stereocenters. The average molecular weight is 272 g/mol. The predicted octanol–water partition coefficient (Wildman–Crippen LogP) is 2.28. The Morgan fingerprint density at radius 3 is 2.40 bits per heavy atom. The maximum atomic E-state index is 12.3. The highest BCUT2D eigenvalue weighted by Crippen LogP contribution is 2.36. The molecule has 0 radical (unpaired) electrons. The number of nitrogens with one attached hydrogen (secondary N) is 1. The number of amides is 1. The molecule has 2 saturated carbocycles. The lowest BCUT2D eigenvalue weighted by molar-refractivity contribution is -0.125. The first kappa shape index (κ1) is 13.6. The number of rotatable bonds is 5. The number of hydrogen-bond donors (Lipinski definition) is 2. The van der Waals surface area contributed by atoms with E-state index in [0.717, 1.165) is 37.7 Å². The van der Waals surface area contributed by atoms with Crippen molar-refractivity contribution in [3.05, 3.63) is 35.4 Å². The Morgan fingerprint density at radius 2 is 1.90 bits per heavy atom. The number of benzene rings is 1. The maximum absolute atomic E-state index is 12.3. The molecule has 0 bridgehead atoms. The summed E-state index contributed by atoms with van der Waals surface area (Å²) in [5.74, 6) is 0.130. The second-order valence-corrected chi connectivity index (χ2v) is 7.11. The van der Waals surface area contributed by atoms with E-state index < -0.39 is 5.41 Å². The standard InChI is InChI=1S/C17H24N2O/c1-16(2,15(20)19-14-7-8-14)13-5-3-12(4-6-13)11-17(18)9-10-17/h3-6,14H,7-11,18H2,1-2H3,(H,19,20). The van der Waals surface area contributed by atoms with E-state index in [0.29, 0.717) is 6.04 Å². The zero-order chi connectivity index (χ0) is 14.4. The lowest BCUT2D eigenvalue weighted by Gasteiger charge is -2.24. The first-order chi connectivity index (χ1) is 9.39. The molecule has 0 aromatic heterocycles. The third kappa shape index (κ3) is 2.88. The topological polar surface area (TPSA) is 55.1 Å². The Kier molecular flexibility index (Phi) is 3.13. The highest BCUT2D eigenvalue weighted by molar-refractivity contribution is 5.87. The molecule has 0 atom stereocenters. The average Bonchev–Trinajstić information content (AvgIpc) is 3.30. The molecule has 2 fully saturated rings. The summed E-state index contributed by atoms with van der Waals surface area (Å²) in [4.78, 5) is 12.3. The Morgan fingerprint density at radius 1 is 1.30 bits per heavy atom. The van der Waals surface area contributed by atoms with Crippen LogP contribution in [0, 0.1) is 0 Å². The van der Waals surface area contributed by atoms with E-state index in [1.165, 1.54) is 5.56 Å². The first-order valence-corrected chi connectivity index (χ1v) is 7.58. The van der Waals surface area contributed by atoms with Gasteiger partial charge < -0.3 is 11.1 Å². The van der Waals surface area contributed by atoms with Crippen LogP contribution in [0.15, 0.2) is 24.3 Å². The second-order valence-electron chi connectivity index (χ2n) is 7.11. The van der Waals surface area contributed by atoms with Gasteiger partial charge in [-0.2, -0.15) is 0 Å². The van der Waals surface area contributed by atoms with E-state index in [9.17, 15) is 4.79 Å². The van der Waals surface area contributed by atoms with Crippen LogP contribution in [0.5, 0.6) is 0 Å². The van der Waals surface area contributed by atoms with E-state index in [4.69, 9.17) is 5.73 Å². The van der Waals surface area contributed by atoms with Gasteiger partial charge in [-0.1, -0.05) is 24.3 Å². The SMILES string of the molecule is CC(C)(C(=O)NC1CC1)c1ccc(CC2(N)CC2)cc1. The summed E-state index contributed by atoms with van der Waals surface area (Å²) in [7, 11) is 0. The van der Waals surface area contributed by atoms with Crippen LogP contribution < -0.4 is 11.1 Å². The molecule has 1 aromatic carbocycles. The Labute approximate surface area is 120 Å². The fourth-order valence-electron chi connectivity index (χ4n) is 2.51. The van der Waals surface area contributed by atoms with Gasteiger partial charge in [0.25, 0.3) is 0 Å². The van der Waals surface area contributed by atoms with Crippen LogP contribution in [0.4, 0.5) is 0 Å². The minimum absolute atomic E-state index is 0.0420. The summed E-state index contributed by atoms with van der Waals surface area (Å²) in [5.41, 5.74) is 8.06. The largest absolute Gasteiger partial charge is 0.353 e. The van der Waals surface area contributed by atoms with Crippen molar-refractivity contribution in [2.24, 2.45) is 5.73 Å². The van der Waals surface area contributed by atoms with Gasteiger partial charge in [-0.05, 0) is 57.1 Å². The van der Waals surface area contributed by atoms with Gasteiger partial charge in [-0.15, -0.1) is 0 Å². The molecule has 3 N–H and O–H groups in total. The number of carbonyl (C=O) groups excluding carboxylic acids is 1. The van der Waals surface area contributed by atoms with E-state index in [1.54, 1.807) is 0 Å². The molecule has 3 heteroatoms. The molecular weight excluding hydrogens is 248 g/mol. The minimum Gasteiger partial charge on any atom is -0.353 e. The third-order valence-electron chi connectivity index (χ3n) is 4.60. The highest BCUT2D eigenvalue weighted by Gasteiger charge is 2.38. The van der Waals surface area contributed by atoms with E-state index >= 15 is 0 Å². The molecule has 2 aliphatic rings. The highest BCUT2D eigenvalue weighted by atomic mass is 16.2. The molecule has 0 spiro atoms. The minimum atomic E-state index is -0.471. The fourth-order valence-corrected chi connectivity index (χ4v) is 2.51.